The molecular weight excluding hydrogens is 238 g/mol. The summed E-state index contributed by atoms with van der Waals surface area (Å²) in [6.45, 7) is 3.76. The highest BCUT2D eigenvalue weighted by molar-refractivity contribution is 5.79. The fourth-order valence-corrected chi connectivity index (χ4v) is 2.82. The van der Waals surface area contributed by atoms with Gasteiger partial charge in [-0.1, -0.05) is 30.7 Å². The molecule has 2 rings (SSSR count). The quantitative estimate of drug-likeness (QED) is 0.671. The molecule has 3 heteroatoms. The summed E-state index contributed by atoms with van der Waals surface area (Å²) < 4.78 is 4.87. The van der Waals surface area contributed by atoms with Gasteiger partial charge in [0.25, 0.3) is 0 Å². The van der Waals surface area contributed by atoms with Crippen molar-refractivity contribution in [3.05, 3.63) is 35.4 Å². The Bertz CT molecular complexity index is 454. The lowest BCUT2D eigenvalue weighted by Crippen LogP contribution is -2.49. The Morgan fingerprint density at radius 1 is 1.32 bits per heavy atom. The first-order valence-electron chi connectivity index (χ1n) is 6.98. The fraction of sp³-hybridized carbons (Fsp3) is 0.562. The maximum atomic E-state index is 11.8. The second-order valence-electron chi connectivity index (χ2n) is 5.76. The van der Waals surface area contributed by atoms with Gasteiger partial charge in [-0.3, -0.25) is 10.1 Å². The zero-order chi connectivity index (χ0) is 13.9. The highest BCUT2D eigenvalue weighted by Gasteiger charge is 2.32. The molecule has 1 aliphatic carbocycles. The van der Waals surface area contributed by atoms with E-state index in [-0.39, 0.29) is 12.0 Å². The van der Waals surface area contributed by atoms with Crippen molar-refractivity contribution in [2.75, 3.05) is 7.11 Å². The van der Waals surface area contributed by atoms with Gasteiger partial charge in [0.1, 0.15) is 5.54 Å². The van der Waals surface area contributed by atoms with Crippen LogP contribution in [0.2, 0.25) is 0 Å². The van der Waals surface area contributed by atoms with Crippen molar-refractivity contribution in [1.82, 2.24) is 5.32 Å². The number of hydrogen-bond donors (Lipinski definition) is 1. The Morgan fingerprint density at radius 3 is 2.79 bits per heavy atom. The summed E-state index contributed by atoms with van der Waals surface area (Å²) in [5, 5.41) is 3.47. The van der Waals surface area contributed by atoms with Crippen molar-refractivity contribution >= 4 is 5.97 Å². The van der Waals surface area contributed by atoms with Crippen LogP contribution in [0.3, 0.4) is 0 Å². The molecule has 3 nitrogen and oxygen atoms in total. The van der Waals surface area contributed by atoms with Gasteiger partial charge in [-0.2, -0.15) is 0 Å². The third-order valence-electron chi connectivity index (χ3n) is 3.85. The number of aryl methyl sites for hydroxylation is 1. The highest BCUT2D eigenvalue weighted by Crippen LogP contribution is 2.30. The zero-order valence-corrected chi connectivity index (χ0v) is 12.0. The molecule has 0 aliphatic heterocycles. The van der Waals surface area contributed by atoms with Gasteiger partial charge < -0.3 is 4.74 Å². The summed E-state index contributed by atoms with van der Waals surface area (Å²) in [7, 11) is 1.44. The minimum atomic E-state index is -0.656. The van der Waals surface area contributed by atoms with Crippen LogP contribution in [-0.2, 0) is 16.0 Å². The number of ether oxygens (including phenoxy) is 1. The van der Waals surface area contributed by atoms with Gasteiger partial charge in [-0.25, -0.2) is 0 Å². The van der Waals surface area contributed by atoms with E-state index in [0.717, 1.165) is 12.8 Å². The van der Waals surface area contributed by atoms with Crippen molar-refractivity contribution in [1.29, 1.82) is 0 Å². The van der Waals surface area contributed by atoms with E-state index < -0.39 is 5.54 Å². The maximum absolute atomic E-state index is 11.8. The van der Waals surface area contributed by atoms with Gasteiger partial charge in [0, 0.05) is 6.04 Å². The zero-order valence-electron chi connectivity index (χ0n) is 12.0. The third-order valence-corrected chi connectivity index (χ3v) is 3.85. The Balaban J connectivity index is 2.23. The molecule has 0 fully saturated rings. The number of hydrogen-bond acceptors (Lipinski definition) is 3. The summed E-state index contributed by atoms with van der Waals surface area (Å²) in [6, 6.07) is 8.76. The van der Waals surface area contributed by atoms with E-state index in [9.17, 15) is 4.79 Å². The van der Waals surface area contributed by atoms with Crippen molar-refractivity contribution in [2.45, 2.75) is 51.1 Å². The van der Waals surface area contributed by atoms with Gasteiger partial charge in [-0.15, -0.1) is 0 Å². The number of nitrogens with one attached hydrogen (secondary N) is 1. The predicted molar refractivity (Wildman–Crippen MR) is 76.0 cm³/mol. The molecule has 0 aromatic heterocycles. The van der Waals surface area contributed by atoms with E-state index >= 15 is 0 Å². The Hall–Kier alpha value is -1.35. The van der Waals surface area contributed by atoms with E-state index in [0.29, 0.717) is 0 Å². The standard InChI is InChI=1S/C16H23NO2/c1-16(2,15(18)19-3)17-14-11-7-5-9-12-8-4-6-10-13(12)14/h4,6,8,10,14,17H,5,7,9,11H2,1-3H3. The minimum absolute atomic E-state index is 0.214. The molecule has 1 atom stereocenters. The average molecular weight is 261 g/mol. The van der Waals surface area contributed by atoms with Crippen molar-refractivity contribution in [2.24, 2.45) is 0 Å². The van der Waals surface area contributed by atoms with Crippen LogP contribution < -0.4 is 5.32 Å². The maximum Gasteiger partial charge on any atom is 0.325 e. The molecule has 0 saturated heterocycles. The van der Waals surface area contributed by atoms with Crippen molar-refractivity contribution in [3.8, 4) is 0 Å². The summed E-state index contributed by atoms with van der Waals surface area (Å²) in [4.78, 5) is 11.8. The Labute approximate surface area is 115 Å². The van der Waals surface area contributed by atoms with Gasteiger partial charge in [0.15, 0.2) is 0 Å². The van der Waals surface area contributed by atoms with Crippen molar-refractivity contribution < 1.29 is 9.53 Å². The van der Waals surface area contributed by atoms with Crippen LogP contribution in [0.25, 0.3) is 0 Å². The molecule has 0 saturated carbocycles. The Morgan fingerprint density at radius 2 is 2.05 bits per heavy atom. The molecule has 1 N–H and O–H groups in total. The van der Waals surface area contributed by atoms with E-state index in [1.54, 1.807) is 0 Å². The van der Waals surface area contributed by atoms with Crippen LogP contribution in [0, 0.1) is 0 Å². The average Bonchev–Trinajstić information content (AvgIpc) is 2.60. The number of fused-ring (bicyclic) bond motifs is 1. The number of esters is 1. The van der Waals surface area contributed by atoms with Gasteiger partial charge in [0.05, 0.1) is 7.11 Å². The molecular formula is C16H23NO2. The summed E-state index contributed by atoms with van der Waals surface area (Å²) >= 11 is 0. The monoisotopic (exact) mass is 261 g/mol. The molecule has 104 valence electrons. The topological polar surface area (TPSA) is 38.3 Å². The number of carbonyl (C=O) groups excluding carboxylic acids is 1. The largest absolute Gasteiger partial charge is 0.468 e. The molecule has 1 aromatic rings. The second-order valence-corrected chi connectivity index (χ2v) is 5.76. The molecule has 1 aromatic carbocycles. The molecule has 0 bridgehead atoms. The molecule has 0 radical (unpaired) electrons. The summed E-state index contributed by atoms with van der Waals surface area (Å²) in [5.41, 5.74) is 2.08. The first-order chi connectivity index (χ1) is 9.04. The summed E-state index contributed by atoms with van der Waals surface area (Å²) in [6.07, 6.45) is 4.60. The third kappa shape index (κ3) is 3.16. The lowest BCUT2D eigenvalue weighted by atomic mass is 9.95. The highest BCUT2D eigenvalue weighted by atomic mass is 16.5. The van der Waals surface area contributed by atoms with Crippen LogP contribution in [0.15, 0.2) is 24.3 Å². The minimum Gasteiger partial charge on any atom is -0.468 e. The van der Waals surface area contributed by atoms with E-state index in [1.807, 2.05) is 13.8 Å². The normalized spacial score (nSPS) is 19.4. The first kappa shape index (κ1) is 14.1. The summed E-state index contributed by atoms with van der Waals surface area (Å²) in [5.74, 6) is -0.214. The number of rotatable bonds is 3. The van der Waals surface area contributed by atoms with Crippen molar-refractivity contribution in [3.63, 3.8) is 0 Å². The number of carbonyl (C=O) groups is 1. The molecule has 0 amide bonds. The number of benzene rings is 1. The lowest BCUT2D eigenvalue weighted by Gasteiger charge is -2.30. The van der Waals surface area contributed by atoms with Crippen LogP contribution in [0.1, 0.15) is 50.3 Å². The van der Waals surface area contributed by atoms with Crippen LogP contribution in [-0.4, -0.2) is 18.6 Å². The lowest BCUT2D eigenvalue weighted by molar-refractivity contribution is -0.147. The molecule has 0 heterocycles. The SMILES string of the molecule is COC(=O)C(C)(C)NC1CCCCc2ccccc21. The Kier molecular flexibility index (Phi) is 4.25. The fourth-order valence-electron chi connectivity index (χ4n) is 2.82. The van der Waals surface area contributed by atoms with E-state index in [4.69, 9.17) is 4.74 Å². The molecule has 0 spiro atoms. The molecule has 19 heavy (non-hydrogen) atoms. The van der Waals surface area contributed by atoms with Gasteiger partial charge in [0.2, 0.25) is 0 Å². The molecule has 1 aliphatic rings. The smallest absolute Gasteiger partial charge is 0.325 e. The second kappa shape index (κ2) is 5.74. The van der Waals surface area contributed by atoms with Gasteiger partial charge >= 0.3 is 5.97 Å². The van der Waals surface area contributed by atoms with Crippen LogP contribution in [0.4, 0.5) is 0 Å². The van der Waals surface area contributed by atoms with Crippen LogP contribution >= 0.6 is 0 Å². The van der Waals surface area contributed by atoms with Crippen LogP contribution in [0.5, 0.6) is 0 Å². The van der Waals surface area contributed by atoms with E-state index in [2.05, 4.69) is 29.6 Å². The predicted octanol–water partition coefficient (Wildman–Crippen LogP) is 3.00. The van der Waals surface area contributed by atoms with E-state index in [1.165, 1.54) is 31.1 Å². The number of methoxy groups -OCH3 is 1. The van der Waals surface area contributed by atoms with Gasteiger partial charge in [-0.05, 0) is 44.2 Å². The first-order valence-corrected chi connectivity index (χ1v) is 6.98. The molecule has 1 unspecified atom stereocenters.